The summed E-state index contributed by atoms with van der Waals surface area (Å²) in [6, 6.07) is 1.60. The number of anilines is 1. The maximum atomic E-state index is 12.1. The first-order valence-electron chi connectivity index (χ1n) is 6.64. The largest absolute Gasteiger partial charge is 0.392 e. The summed E-state index contributed by atoms with van der Waals surface area (Å²) < 4.78 is 1.53. The molecule has 1 aliphatic rings. The van der Waals surface area contributed by atoms with E-state index < -0.39 is 11.8 Å². The molecule has 20 heavy (non-hydrogen) atoms. The van der Waals surface area contributed by atoms with Crippen LogP contribution in [0.15, 0.2) is 17.1 Å². The average Bonchev–Trinajstić information content (AvgIpc) is 2.66. The van der Waals surface area contributed by atoms with Crippen molar-refractivity contribution in [3.63, 3.8) is 0 Å². The molecule has 0 unspecified atom stereocenters. The highest BCUT2D eigenvalue weighted by atomic mass is 32.2. The number of amides is 1. The van der Waals surface area contributed by atoms with Gasteiger partial charge in [0, 0.05) is 24.3 Å². The monoisotopic (exact) mass is 297 g/mol. The van der Waals surface area contributed by atoms with Gasteiger partial charge in [0.1, 0.15) is 5.82 Å². The Hall–Kier alpha value is -1.34. The standard InChI is InChI=1S/C13H19N3O3S/c1-4-9-11(18)7(2)12(20-9)16-6-5-10(14-8(3)17)15-13(16)19/h5-7,9,11-12,18H,4H2,1-3H3,(H,14,15,17,19)/t7-,9-,11+,12-/m1/s1. The minimum atomic E-state index is -0.420. The van der Waals surface area contributed by atoms with Gasteiger partial charge in [0.05, 0.1) is 11.5 Å². The lowest BCUT2D eigenvalue weighted by Crippen LogP contribution is -2.30. The van der Waals surface area contributed by atoms with Gasteiger partial charge in [-0.1, -0.05) is 13.8 Å². The van der Waals surface area contributed by atoms with Gasteiger partial charge in [-0.2, -0.15) is 4.98 Å². The molecule has 1 saturated heterocycles. The molecule has 0 bridgehead atoms. The number of aliphatic hydroxyl groups excluding tert-OH is 1. The van der Waals surface area contributed by atoms with Gasteiger partial charge in [-0.05, 0) is 12.5 Å². The molecule has 4 atom stereocenters. The van der Waals surface area contributed by atoms with Crippen molar-refractivity contribution in [1.82, 2.24) is 9.55 Å². The molecular formula is C13H19N3O3S. The second-order valence-electron chi connectivity index (χ2n) is 5.01. The Morgan fingerprint density at radius 3 is 2.80 bits per heavy atom. The van der Waals surface area contributed by atoms with Crippen molar-refractivity contribution in [2.75, 3.05) is 5.32 Å². The third-order valence-electron chi connectivity index (χ3n) is 3.49. The number of rotatable bonds is 3. The number of hydrogen-bond donors (Lipinski definition) is 2. The molecule has 1 aliphatic heterocycles. The van der Waals surface area contributed by atoms with E-state index in [4.69, 9.17) is 0 Å². The predicted molar refractivity (Wildman–Crippen MR) is 78.7 cm³/mol. The minimum absolute atomic E-state index is 0.0175. The van der Waals surface area contributed by atoms with Gasteiger partial charge < -0.3 is 10.4 Å². The van der Waals surface area contributed by atoms with Crippen LogP contribution in [0.4, 0.5) is 5.82 Å². The zero-order valence-corrected chi connectivity index (χ0v) is 12.6. The van der Waals surface area contributed by atoms with E-state index in [0.717, 1.165) is 6.42 Å². The van der Waals surface area contributed by atoms with Crippen LogP contribution in [0.25, 0.3) is 0 Å². The Bertz CT molecular complexity index is 560. The molecule has 0 radical (unpaired) electrons. The molecule has 110 valence electrons. The summed E-state index contributed by atoms with van der Waals surface area (Å²) in [5, 5.41) is 12.6. The Morgan fingerprint density at radius 1 is 1.60 bits per heavy atom. The summed E-state index contributed by atoms with van der Waals surface area (Å²) in [6.07, 6.45) is 2.06. The van der Waals surface area contributed by atoms with E-state index in [1.807, 2.05) is 13.8 Å². The summed E-state index contributed by atoms with van der Waals surface area (Å²) in [4.78, 5) is 26.9. The molecule has 0 saturated carbocycles. The molecule has 2 heterocycles. The fourth-order valence-electron chi connectivity index (χ4n) is 2.40. The number of aliphatic hydroxyl groups is 1. The van der Waals surface area contributed by atoms with E-state index in [0.29, 0.717) is 0 Å². The quantitative estimate of drug-likeness (QED) is 0.876. The Balaban J connectivity index is 2.26. The molecule has 2 rings (SSSR count). The SMILES string of the molecule is CC[C@H]1S[C@@H](n2ccc(NC(C)=O)nc2=O)[C@H](C)[C@@H]1O. The number of carbonyl (C=O) groups is 1. The number of thioether (sulfide) groups is 1. The van der Waals surface area contributed by atoms with Crippen LogP contribution >= 0.6 is 11.8 Å². The van der Waals surface area contributed by atoms with Crippen molar-refractivity contribution in [2.45, 2.75) is 43.9 Å². The van der Waals surface area contributed by atoms with Crippen molar-refractivity contribution in [1.29, 1.82) is 0 Å². The van der Waals surface area contributed by atoms with E-state index in [1.165, 1.54) is 11.5 Å². The first-order chi connectivity index (χ1) is 9.43. The lowest BCUT2D eigenvalue weighted by molar-refractivity contribution is -0.114. The molecule has 1 amide bonds. The van der Waals surface area contributed by atoms with E-state index in [-0.39, 0.29) is 28.3 Å². The highest BCUT2D eigenvalue weighted by molar-refractivity contribution is 8.00. The van der Waals surface area contributed by atoms with Gasteiger partial charge in [0.2, 0.25) is 5.91 Å². The van der Waals surface area contributed by atoms with Crippen LogP contribution in [0.1, 0.15) is 32.6 Å². The molecule has 1 aromatic heterocycles. The van der Waals surface area contributed by atoms with Gasteiger partial charge >= 0.3 is 5.69 Å². The molecule has 1 aromatic rings. The van der Waals surface area contributed by atoms with Gasteiger partial charge in [-0.3, -0.25) is 9.36 Å². The Kier molecular flexibility index (Phi) is 4.49. The maximum absolute atomic E-state index is 12.1. The van der Waals surface area contributed by atoms with Crippen molar-refractivity contribution in [3.8, 4) is 0 Å². The summed E-state index contributed by atoms with van der Waals surface area (Å²) in [7, 11) is 0. The topological polar surface area (TPSA) is 84.2 Å². The summed E-state index contributed by atoms with van der Waals surface area (Å²) in [5.41, 5.74) is -0.412. The highest BCUT2D eigenvalue weighted by Gasteiger charge is 2.40. The fourth-order valence-corrected chi connectivity index (χ4v) is 4.06. The van der Waals surface area contributed by atoms with Crippen molar-refractivity contribution in [2.24, 2.45) is 5.92 Å². The van der Waals surface area contributed by atoms with Crippen LogP contribution < -0.4 is 11.0 Å². The van der Waals surface area contributed by atoms with Crippen LogP contribution in [-0.2, 0) is 4.79 Å². The number of nitrogens with one attached hydrogen (secondary N) is 1. The first kappa shape index (κ1) is 15.1. The van der Waals surface area contributed by atoms with Crippen molar-refractivity contribution >= 4 is 23.5 Å². The molecule has 0 aromatic carbocycles. The van der Waals surface area contributed by atoms with Crippen LogP contribution in [0.5, 0.6) is 0 Å². The van der Waals surface area contributed by atoms with Crippen molar-refractivity contribution in [3.05, 3.63) is 22.7 Å². The van der Waals surface area contributed by atoms with Gasteiger partial charge in [0.25, 0.3) is 0 Å². The molecule has 1 fully saturated rings. The zero-order chi connectivity index (χ0) is 14.9. The lowest BCUT2D eigenvalue weighted by atomic mass is 10.0. The number of carbonyl (C=O) groups excluding carboxylic acids is 1. The molecule has 6 nitrogen and oxygen atoms in total. The fraction of sp³-hybridized carbons (Fsp3) is 0.615. The lowest BCUT2D eigenvalue weighted by Gasteiger charge is -2.18. The molecule has 0 aliphatic carbocycles. The van der Waals surface area contributed by atoms with Gasteiger partial charge in [-0.25, -0.2) is 4.79 Å². The Labute approximate surface area is 121 Å². The van der Waals surface area contributed by atoms with Crippen LogP contribution in [0, 0.1) is 5.92 Å². The molecular weight excluding hydrogens is 278 g/mol. The van der Waals surface area contributed by atoms with Crippen LogP contribution in [-0.4, -0.2) is 31.9 Å². The van der Waals surface area contributed by atoms with E-state index in [9.17, 15) is 14.7 Å². The minimum Gasteiger partial charge on any atom is -0.392 e. The van der Waals surface area contributed by atoms with Gasteiger partial charge in [-0.15, -0.1) is 11.8 Å². The number of nitrogens with zero attached hydrogens (tertiary/aromatic N) is 2. The highest BCUT2D eigenvalue weighted by Crippen LogP contribution is 2.46. The zero-order valence-electron chi connectivity index (χ0n) is 11.7. The maximum Gasteiger partial charge on any atom is 0.350 e. The van der Waals surface area contributed by atoms with Crippen molar-refractivity contribution < 1.29 is 9.90 Å². The Morgan fingerprint density at radius 2 is 2.30 bits per heavy atom. The van der Waals surface area contributed by atoms with Crippen LogP contribution in [0.3, 0.4) is 0 Å². The smallest absolute Gasteiger partial charge is 0.350 e. The first-order valence-corrected chi connectivity index (χ1v) is 7.58. The second-order valence-corrected chi connectivity index (χ2v) is 6.37. The van der Waals surface area contributed by atoms with Gasteiger partial charge in [0.15, 0.2) is 0 Å². The summed E-state index contributed by atoms with van der Waals surface area (Å²) >= 11 is 1.60. The number of aromatic nitrogens is 2. The average molecular weight is 297 g/mol. The summed E-state index contributed by atoms with van der Waals surface area (Å²) in [6.45, 7) is 5.33. The predicted octanol–water partition coefficient (Wildman–Crippen LogP) is 1.22. The molecule has 7 heteroatoms. The summed E-state index contributed by atoms with van der Waals surface area (Å²) in [5.74, 6) is -0.0298. The van der Waals surface area contributed by atoms with E-state index >= 15 is 0 Å². The second kappa shape index (κ2) is 5.97. The third-order valence-corrected chi connectivity index (χ3v) is 5.39. The normalized spacial score (nSPS) is 29.4. The molecule has 2 N–H and O–H groups in total. The van der Waals surface area contributed by atoms with E-state index in [2.05, 4.69) is 10.3 Å². The van der Waals surface area contributed by atoms with E-state index in [1.54, 1.807) is 24.0 Å². The molecule has 0 spiro atoms. The van der Waals surface area contributed by atoms with Crippen LogP contribution in [0.2, 0.25) is 0 Å². The third kappa shape index (κ3) is 2.88. The number of hydrogen-bond acceptors (Lipinski definition) is 5.